The first-order valence-electron chi connectivity index (χ1n) is 4.57. The first-order chi connectivity index (χ1) is 5.85. The molecule has 0 amide bonds. The van der Waals surface area contributed by atoms with Crippen molar-refractivity contribution < 1.29 is 8.78 Å². The van der Waals surface area contributed by atoms with Crippen LogP contribution in [-0.2, 0) is 0 Å². The highest BCUT2D eigenvalue weighted by molar-refractivity contribution is 4.75. The fourth-order valence-electron chi connectivity index (χ4n) is 1.23. The van der Waals surface area contributed by atoms with Crippen molar-refractivity contribution in [3.63, 3.8) is 0 Å². The Balaban J connectivity index is 3.76. The maximum absolute atomic E-state index is 11.9. The number of hydrogen-bond acceptors (Lipinski definition) is 2. The zero-order valence-electron chi connectivity index (χ0n) is 8.61. The fraction of sp³-hybridized carbons (Fsp3) is 1.00. The largest absolute Gasteiger partial charge is 0.329 e. The summed E-state index contributed by atoms with van der Waals surface area (Å²) in [6.45, 7) is 6.35. The number of nitrogens with one attached hydrogen (secondary N) is 1. The van der Waals surface area contributed by atoms with Gasteiger partial charge in [-0.25, -0.2) is 8.78 Å². The van der Waals surface area contributed by atoms with Crippen molar-refractivity contribution in [2.45, 2.75) is 39.7 Å². The van der Waals surface area contributed by atoms with Crippen LogP contribution in [0.4, 0.5) is 8.78 Å². The summed E-state index contributed by atoms with van der Waals surface area (Å²) in [7, 11) is 0. The van der Waals surface area contributed by atoms with Crippen LogP contribution in [0.25, 0.3) is 0 Å². The molecule has 0 bridgehead atoms. The van der Waals surface area contributed by atoms with Crippen LogP contribution in [0, 0.1) is 5.41 Å². The Morgan fingerprint density at radius 1 is 1.31 bits per heavy atom. The minimum Gasteiger partial charge on any atom is -0.329 e. The smallest absolute Gasteiger partial charge is 0.250 e. The van der Waals surface area contributed by atoms with Gasteiger partial charge in [-0.2, -0.15) is 0 Å². The van der Waals surface area contributed by atoms with Gasteiger partial charge >= 0.3 is 0 Å². The van der Waals surface area contributed by atoms with Crippen molar-refractivity contribution in [2.24, 2.45) is 11.1 Å². The van der Waals surface area contributed by atoms with Crippen LogP contribution >= 0.6 is 0 Å². The van der Waals surface area contributed by atoms with Crippen LogP contribution in [-0.4, -0.2) is 25.6 Å². The molecule has 13 heavy (non-hydrogen) atoms. The topological polar surface area (TPSA) is 38.0 Å². The van der Waals surface area contributed by atoms with Crippen molar-refractivity contribution in [1.82, 2.24) is 5.32 Å². The van der Waals surface area contributed by atoms with E-state index in [0.717, 1.165) is 6.42 Å². The molecule has 0 aliphatic carbocycles. The third-order valence-corrected chi connectivity index (χ3v) is 1.70. The molecule has 3 N–H and O–H groups in total. The van der Waals surface area contributed by atoms with Gasteiger partial charge in [0, 0.05) is 12.6 Å². The molecular formula is C9H20F2N2. The SMILES string of the molecule is CC(C)(C)CC(CN)NCC(F)F. The van der Waals surface area contributed by atoms with E-state index in [1.807, 2.05) is 0 Å². The maximum Gasteiger partial charge on any atom is 0.250 e. The van der Waals surface area contributed by atoms with Gasteiger partial charge in [-0.05, 0) is 11.8 Å². The summed E-state index contributed by atoms with van der Waals surface area (Å²) in [5.74, 6) is 0. The van der Waals surface area contributed by atoms with E-state index in [1.54, 1.807) is 0 Å². The lowest BCUT2D eigenvalue weighted by atomic mass is 9.88. The molecule has 2 nitrogen and oxygen atoms in total. The van der Waals surface area contributed by atoms with Crippen molar-refractivity contribution in [3.05, 3.63) is 0 Å². The molecule has 0 aromatic heterocycles. The molecule has 0 saturated heterocycles. The van der Waals surface area contributed by atoms with Crippen LogP contribution in [0.3, 0.4) is 0 Å². The summed E-state index contributed by atoms with van der Waals surface area (Å²) in [5.41, 5.74) is 5.58. The molecule has 1 unspecified atom stereocenters. The lowest BCUT2D eigenvalue weighted by Crippen LogP contribution is -2.41. The summed E-state index contributed by atoms with van der Waals surface area (Å²) in [6.07, 6.45) is -1.48. The van der Waals surface area contributed by atoms with Crippen LogP contribution < -0.4 is 11.1 Å². The minimum absolute atomic E-state index is 0.00556. The van der Waals surface area contributed by atoms with Gasteiger partial charge in [0.05, 0.1) is 6.54 Å². The summed E-state index contributed by atoms with van der Waals surface area (Å²) in [4.78, 5) is 0. The zero-order valence-corrected chi connectivity index (χ0v) is 8.61. The van der Waals surface area contributed by atoms with E-state index in [4.69, 9.17) is 5.73 Å². The van der Waals surface area contributed by atoms with Crippen molar-refractivity contribution >= 4 is 0 Å². The van der Waals surface area contributed by atoms with Crippen LogP contribution in [0.5, 0.6) is 0 Å². The van der Waals surface area contributed by atoms with Gasteiger partial charge in [0.1, 0.15) is 0 Å². The Morgan fingerprint density at radius 2 is 1.85 bits per heavy atom. The molecule has 4 heteroatoms. The van der Waals surface area contributed by atoms with E-state index in [1.165, 1.54) is 0 Å². The molecule has 0 saturated carbocycles. The molecule has 0 aromatic rings. The second-order valence-electron chi connectivity index (χ2n) is 4.50. The lowest BCUT2D eigenvalue weighted by Gasteiger charge is -2.25. The monoisotopic (exact) mass is 194 g/mol. The maximum atomic E-state index is 11.9. The van der Waals surface area contributed by atoms with Crippen LogP contribution in [0.15, 0.2) is 0 Å². The number of hydrogen-bond donors (Lipinski definition) is 2. The molecule has 0 fully saturated rings. The van der Waals surface area contributed by atoms with E-state index in [2.05, 4.69) is 26.1 Å². The summed E-state index contributed by atoms with van der Waals surface area (Å²) >= 11 is 0. The van der Waals surface area contributed by atoms with Gasteiger partial charge in [0.15, 0.2) is 0 Å². The molecule has 80 valence electrons. The zero-order chi connectivity index (χ0) is 10.5. The first kappa shape index (κ1) is 12.8. The second kappa shape index (κ2) is 5.50. The number of alkyl halides is 2. The Kier molecular flexibility index (Phi) is 5.40. The predicted molar refractivity (Wildman–Crippen MR) is 50.9 cm³/mol. The molecular weight excluding hydrogens is 174 g/mol. The average molecular weight is 194 g/mol. The Bertz CT molecular complexity index is 132. The van der Waals surface area contributed by atoms with Gasteiger partial charge in [-0.1, -0.05) is 20.8 Å². The lowest BCUT2D eigenvalue weighted by molar-refractivity contribution is 0.137. The van der Waals surface area contributed by atoms with Crippen molar-refractivity contribution in [1.29, 1.82) is 0 Å². The van der Waals surface area contributed by atoms with E-state index >= 15 is 0 Å². The highest BCUT2D eigenvalue weighted by Crippen LogP contribution is 2.20. The van der Waals surface area contributed by atoms with E-state index in [9.17, 15) is 8.78 Å². The average Bonchev–Trinajstić information content (AvgIpc) is 1.95. The van der Waals surface area contributed by atoms with Gasteiger partial charge in [-0.3, -0.25) is 0 Å². The van der Waals surface area contributed by atoms with Gasteiger partial charge in [0.2, 0.25) is 0 Å². The minimum atomic E-state index is -2.30. The Hall–Kier alpha value is -0.220. The highest BCUT2D eigenvalue weighted by atomic mass is 19.3. The molecule has 0 spiro atoms. The molecule has 0 heterocycles. The van der Waals surface area contributed by atoms with Gasteiger partial charge < -0.3 is 11.1 Å². The van der Waals surface area contributed by atoms with Gasteiger partial charge in [0.25, 0.3) is 6.43 Å². The van der Waals surface area contributed by atoms with E-state index in [0.29, 0.717) is 6.54 Å². The molecule has 0 aromatic carbocycles. The number of halogens is 2. The molecule has 1 atom stereocenters. The fourth-order valence-corrected chi connectivity index (χ4v) is 1.23. The van der Waals surface area contributed by atoms with Crippen LogP contribution in [0.1, 0.15) is 27.2 Å². The van der Waals surface area contributed by atoms with Crippen LogP contribution in [0.2, 0.25) is 0 Å². The predicted octanol–water partition coefficient (Wildman–Crippen LogP) is 1.60. The number of nitrogens with two attached hydrogens (primary N) is 1. The number of rotatable bonds is 5. The highest BCUT2D eigenvalue weighted by Gasteiger charge is 2.18. The summed E-state index contributed by atoms with van der Waals surface area (Å²) < 4.78 is 23.7. The molecule has 0 aliphatic rings. The van der Waals surface area contributed by atoms with Crippen molar-refractivity contribution in [3.8, 4) is 0 Å². The molecule has 0 rings (SSSR count). The normalized spacial score (nSPS) is 15.0. The Labute approximate surface area is 78.9 Å². The Morgan fingerprint density at radius 3 is 2.15 bits per heavy atom. The van der Waals surface area contributed by atoms with Gasteiger partial charge in [-0.15, -0.1) is 0 Å². The van der Waals surface area contributed by atoms with Crippen molar-refractivity contribution in [2.75, 3.05) is 13.1 Å². The van der Waals surface area contributed by atoms with E-state index < -0.39 is 6.43 Å². The molecule has 0 radical (unpaired) electrons. The third-order valence-electron chi connectivity index (χ3n) is 1.70. The van der Waals surface area contributed by atoms with E-state index in [-0.39, 0.29) is 18.0 Å². The first-order valence-corrected chi connectivity index (χ1v) is 4.57. The molecule has 0 aliphatic heterocycles. The second-order valence-corrected chi connectivity index (χ2v) is 4.50. The summed E-state index contributed by atoms with van der Waals surface area (Å²) in [5, 5.41) is 2.75. The standard InChI is InChI=1S/C9H20F2N2/c1-9(2,3)4-7(5-12)13-6-8(10)11/h7-8,13H,4-6,12H2,1-3H3. The summed E-state index contributed by atoms with van der Waals surface area (Å²) in [6, 6.07) is -0.00556. The third kappa shape index (κ3) is 8.12. The quantitative estimate of drug-likeness (QED) is 0.697.